The molecule has 0 bridgehead atoms. The fourth-order valence-electron chi connectivity index (χ4n) is 2.37. The first-order chi connectivity index (χ1) is 12.0. The van der Waals surface area contributed by atoms with Gasteiger partial charge in [0.05, 0.1) is 4.90 Å². The van der Waals surface area contributed by atoms with Crippen molar-refractivity contribution in [1.82, 2.24) is 14.6 Å². The molecule has 7 nitrogen and oxygen atoms in total. The van der Waals surface area contributed by atoms with Gasteiger partial charge in [-0.2, -0.15) is 4.31 Å². The number of amides is 2. The fraction of sp³-hybridized carbons (Fsp3) is 0.294. The molecule has 1 saturated carbocycles. The average molecular weight is 360 g/mol. The number of nitrogens with zero attached hydrogens (tertiary/aromatic N) is 2. The maximum Gasteiger partial charge on any atom is 0.319 e. The van der Waals surface area contributed by atoms with Crippen LogP contribution >= 0.6 is 0 Å². The van der Waals surface area contributed by atoms with Crippen molar-refractivity contribution < 1.29 is 13.2 Å². The number of nitrogens with one attached hydrogen (secondary N) is 2. The normalized spacial score (nSPS) is 14.3. The summed E-state index contributed by atoms with van der Waals surface area (Å²) in [5.41, 5.74) is 1.42. The van der Waals surface area contributed by atoms with Gasteiger partial charge in [0.25, 0.3) is 0 Å². The summed E-state index contributed by atoms with van der Waals surface area (Å²) in [6, 6.07) is 9.58. The summed E-state index contributed by atoms with van der Waals surface area (Å²) < 4.78 is 26.3. The number of hydrogen-bond acceptors (Lipinski definition) is 4. The lowest BCUT2D eigenvalue weighted by Crippen LogP contribution is -2.29. The van der Waals surface area contributed by atoms with E-state index in [2.05, 4.69) is 15.6 Å². The maximum absolute atomic E-state index is 12.4. The van der Waals surface area contributed by atoms with E-state index in [-0.39, 0.29) is 17.0 Å². The van der Waals surface area contributed by atoms with Crippen LogP contribution in [-0.4, -0.2) is 36.8 Å². The molecule has 8 heteroatoms. The van der Waals surface area contributed by atoms with Crippen LogP contribution in [0.25, 0.3) is 0 Å². The summed E-state index contributed by atoms with van der Waals surface area (Å²) in [6.45, 7) is 0.359. The van der Waals surface area contributed by atoms with Crippen LogP contribution in [-0.2, 0) is 16.6 Å². The second-order valence-electron chi connectivity index (χ2n) is 5.95. The molecule has 2 aromatic rings. The Morgan fingerprint density at radius 1 is 1.24 bits per heavy atom. The van der Waals surface area contributed by atoms with Gasteiger partial charge >= 0.3 is 6.03 Å². The summed E-state index contributed by atoms with van der Waals surface area (Å²) >= 11 is 0. The summed E-state index contributed by atoms with van der Waals surface area (Å²) in [5, 5.41) is 5.39. The zero-order chi connectivity index (χ0) is 17.9. The Morgan fingerprint density at radius 3 is 2.56 bits per heavy atom. The Labute approximate surface area is 147 Å². The van der Waals surface area contributed by atoms with Crippen LogP contribution in [0.5, 0.6) is 0 Å². The molecular weight excluding hydrogens is 340 g/mol. The predicted molar refractivity (Wildman–Crippen MR) is 94.5 cm³/mol. The van der Waals surface area contributed by atoms with Crippen LogP contribution in [0.3, 0.4) is 0 Å². The zero-order valence-electron chi connectivity index (χ0n) is 13.8. The third-order valence-corrected chi connectivity index (χ3v) is 5.95. The van der Waals surface area contributed by atoms with Gasteiger partial charge in [-0.3, -0.25) is 4.98 Å². The maximum atomic E-state index is 12.4. The van der Waals surface area contributed by atoms with E-state index in [4.69, 9.17) is 0 Å². The minimum absolute atomic E-state index is 0.112. The summed E-state index contributed by atoms with van der Waals surface area (Å²) in [5.74, 6) is 0. The SMILES string of the molecule is CN(C1CC1)S(=O)(=O)c1ccc(NC(=O)NCc2cccnc2)cc1. The van der Waals surface area contributed by atoms with Gasteiger partial charge in [0.15, 0.2) is 0 Å². The van der Waals surface area contributed by atoms with Gasteiger partial charge in [-0.25, -0.2) is 13.2 Å². The molecule has 1 heterocycles. The Balaban J connectivity index is 1.58. The largest absolute Gasteiger partial charge is 0.334 e. The monoisotopic (exact) mass is 360 g/mol. The Bertz CT molecular complexity index is 834. The molecular formula is C17H20N4O3S. The number of carbonyl (C=O) groups is 1. The molecule has 1 fully saturated rings. The lowest BCUT2D eigenvalue weighted by atomic mass is 10.3. The first-order valence-corrected chi connectivity index (χ1v) is 9.43. The van der Waals surface area contributed by atoms with Crippen LogP contribution in [0, 0.1) is 0 Å². The van der Waals surface area contributed by atoms with E-state index >= 15 is 0 Å². The van der Waals surface area contributed by atoms with Gasteiger partial charge < -0.3 is 10.6 Å². The smallest absolute Gasteiger partial charge is 0.319 e. The molecule has 0 spiro atoms. The molecule has 2 N–H and O–H groups in total. The lowest BCUT2D eigenvalue weighted by molar-refractivity contribution is 0.251. The Kier molecular flexibility index (Phi) is 5.00. The fourth-order valence-corrected chi connectivity index (χ4v) is 3.79. The van der Waals surface area contributed by atoms with Crippen LogP contribution in [0.15, 0.2) is 53.7 Å². The Hall–Kier alpha value is -2.45. The van der Waals surface area contributed by atoms with E-state index in [9.17, 15) is 13.2 Å². The van der Waals surface area contributed by atoms with Crippen molar-refractivity contribution in [2.24, 2.45) is 0 Å². The molecule has 0 aliphatic heterocycles. The number of sulfonamides is 1. The van der Waals surface area contributed by atoms with E-state index < -0.39 is 10.0 Å². The number of rotatable bonds is 6. The number of carbonyl (C=O) groups excluding carboxylic acids is 1. The molecule has 1 aromatic carbocycles. The highest BCUT2D eigenvalue weighted by Crippen LogP contribution is 2.30. The number of urea groups is 1. The molecule has 0 radical (unpaired) electrons. The molecule has 2 amide bonds. The van der Waals surface area contributed by atoms with E-state index in [0.29, 0.717) is 12.2 Å². The molecule has 25 heavy (non-hydrogen) atoms. The minimum Gasteiger partial charge on any atom is -0.334 e. The minimum atomic E-state index is -3.47. The highest BCUT2D eigenvalue weighted by Gasteiger charge is 2.34. The molecule has 0 unspecified atom stereocenters. The zero-order valence-corrected chi connectivity index (χ0v) is 14.7. The van der Waals surface area contributed by atoms with Gasteiger partial charge in [0.1, 0.15) is 0 Å². The van der Waals surface area contributed by atoms with Gasteiger partial charge in [0.2, 0.25) is 10.0 Å². The third-order valence-electron chi connectivity index (χ3n) is 4.03. The molecule has 1 aliphatic carbocycles. The molecule has 132 valence electrons. The molecule has 3 rings (SSSR count). The van der Waals surface area contributed by atoms with Crippen LogP contribution in [0.2, 0.25) is 0 Å². The highest BCUT2D eigenvalue weighted by atomic mass is 32.2. The molecule has 0 atom stereocenters. The number of aromatic nitrogens is 1. The van der Waals surface area contributed by atoms with Crippen molar-refractivity contribution in [1.29, 1.82) is 0 Å². The second-order valence-corrected chi connectivity index (χ2v) is 7.94. The van der Waals surface area contributed by atoms with Crippen molar-refractivity contribution in [3.63, 3.8) is 0 Å². The molecule has 1 aromatic heterocycles. The molecule has 1 aliphatic rings. The average Bonchev–Trinajstić information content (AvgIpc) is 3.46. The topological polar surface area (TPSA) is 91.4 Å². The van der Waals surface area contributed by atoms with Crippen molar-refractivity contribution >= 4 is 21.7 Å². The number of hydrogen-bond donors (Lipinski definition) is 2. The Morgan fingerprint density at radius 2 is 1.96 bits per heavy atom. The van der Waals surface area contributed by atoms with Crippen molar-refractivity contribution in [3.8, 4) is 0 Å². The lowest BCUT2D eigenvalue weighted by Gasteiger charge is -2.16. The van der Waals surface area contributed by atoms with Gasteiger partial charge in [-0.05, 0) is 48.7 Å². The van der Waals surface area contributed by atoms with Crippen molar-refractivity contribution in [2.75, 3.05) is 12.4 Å². The first kappa shape index (κ1) is 17.4. The summed E-state index contributed by atoms with van der Waals surface area (Å²) in [6.07, 6.45) is 5.16. The molecule has 0 saturated heterocycles. The van der Waals surface area contributed by atoms with E-state index in [1.54, 1.807) is 37.6 Å². The first-order valence-electron chi connectivity index (χ1n) is 7.98. The number of anilines is 1. The second kappa shape index (κ2) is 7.20. The van der Waals surface area contributed by atoms with Crippen molar-refractivity contribution in [2.45, 2.75) is 30.3 Å². The number of benzene rings is 1. The van der Waals surface area contributed by atoms with Crippen LogP contribution < -0.4 is 10.6 Å². The predicted octanol–water partition coefficient (Wildman–Crippen LogP) is 2.19. The summed E-state index contributed by atoms with van der Waals surface area (Å²) in [4.78, 5) is 16.1. The summed E-state index contributed by atoms with van der Waals surface area (Å²) in [7, 11) is -1.87. The van der Waals surface area contributed by atoms with Gasteiger partial charge in [0, 0.05) is 37.7 Å². The van der Waals surface area contributed by atoms with Crippen molar-refractivity contribution in [3.05, 3.63) is 54.4 Å². The van der Waals surface area contributed by atoms with E-state index in [0.717, 1.165) is 18.4 Å². The van der Waals surface area contributed by atoms with E-state index in [1.807, 2.05) is 6.07 Å². The van der Waals surface area contributed by atoms with Gasteiger partial charge in [-0.15, -0.1) is 0 Å². The standard InChI is InChI=1S/C17H20N4O3S/c1-21(15-6-7-15)25(23,24)16-8-4-14(5-9-16)20-17(22)19-12-13-3-2-10-18-11-13/h2-5,8-11,15H,6-7,12H2,1H3,(H2,19,20,22). The quantitative estimate of drug-likeness (QED) is 0.826. The third kappa shape index (κ3) is 4.34. The van der Waals surface area contributed by atoms with E-state index in [1.165, 1.54) is 16.4 Å². The van der Waals surface area contributed by atoms with Gasteiger partial charge in [-0.1, -0.05) is 6.07 Å². The van der Waals surface area contributed by atoms with Crippen LogP contribution in [0.4, 0.5) is 10.5 Å². The highest BCUT2D eigenvalue weighted by molar-refractivity contribution is 7.89. The number of pyridine rings is 1. The van der Waals surface area contributed by atoms with Crippen LogP contribution in [0.1, 0.15) is 18.4 Å².